The van der Waals surface area contributed by atoms with Gasteiger partial charge in [0.2, 0.25) is 5.91 Å². The second-order valence-electron chi connectivity index (χ2n) is 12.2. The highest BCUT2D eigenvalue weighted by molar-refractivity contribution is 6.01. The number of nitrogens with one attached hydrogen (secondary N) is 3. The maximum atomic E-state index is 13.6. The van der Waals surface area contributed by atoms with Crippen LogP contribution in [0.25, 0.3) is 0 Å². The summed E-state index contributed by atoms with van der Waals surface area (Å²) in [4.78, 5) is 53.9. The van der Waals surface area contributed by atoms with Crippen LogP contribution >= 0.6 is 0 Å². The fourth-order valence-corrected chi connectivity index (χ4v) is 5.88. The number of rotatable bonds is 15. The standard InChI is InChI=1S/C37H47N5O8/c1-25-8-5-6-10-29(25)39-36(46)40-30-13-11-27(21-32(30)49-3)22-34(43)38-23-28-9-7-17-42(24-28)37(47)41(19-16-35(44)45)18-15-26-12-14-31(48-2)33(20-26)50-4/h5-6,8,10-14,20-21,28H,7,9,15-19,22-24H2,1-4H3,(H,38,43)(H,44,45)(H2,39,40,46). The zero-order chi connectivity index (χ0) is 36.0. The van der Waals surface area contributed by atoms with Crippen molar-refractivity contribution < 1.29 is 38.5 Å². The van der Waals surface area contributed by atoms with Crippen molar-refractivity contribution >= 4 is 35.3 Å². The summed E-state index contributed by atoms with van der Waals surface area (Å²) >= 11 is 0. The van der Waals surface area contributed by atoms with Gasteiger partial charge in [-0.05, 0) is 79.1 Å². The van der Waals surface area contributed by atoms with Crippen LogP contribution < -0.4 is 30.2 Å². The van der Waals surface area contributed by atoms with Crippen molar-refractivity contribution in [1.29, 1.82) is 0 Å². The van der Waals surface area contributed by atoms with Crippen molar-refractivity contribution in [3.05, 3.63) is 77.4 Å². The first kappa shape index (κ1) is 37.4. The number of ether oxygens (including phenoxy) is 3. The molecule has 3 aromatic rings. The lowest BCUT2D eigenvalue weighted by atomic mass is 9.98. The van der Waals surface area contributed by atoms with Crippen molar-refractivity contribution in [3.8, 4) is 17.2 Å². The molecule has 1 fully saturated rings. The van der Waals surface area contributed by atoms with Gasteiger partial charge < -0.3 is 45.1 Å². The summed E-state index contributed by atoms with van der Waals surface area (Å²) in [6.45, 7) is 3.76. The molecule has 1 saturated heterocycles. The van der Waals surface area contributed by atoms with Crippen molar-refractivity contribution in [2.24, 2.45) is 5.92 Å². The molecule has 13 heteroatoms. The highest BCUT2D eigenvalue weighted by Gasteiger charge is 2.28. The van der Waals surface area contributed by atoms with Gasteiger partial charge in [-0.3, -0.25) is 9.59 Å². The number of aryl methyl sites for hydroxylation is 1. The third kappa shape index (κ3) is 10.8. The van der Waals surface area contributed by atoms with E-state index < -0.39 is 12.0 Å². The quantitative estimate of drug-likeness (QED) is 0.170. The number of amides is 5. The smallest absolute Gasteiger partial charge is 0.323 e. The number of anilines is 2. The van der Waals surface area contributed by atoms with Crippen molar-refractivity contribution in [3.63, 3.8) is 0 Å². The van der Waals surface area contributed by atoms with Gasteiger partial charge in [0.15, 0.2) is 11.5 Å². The van der Waals surface area contributed by atoms with E-state index in [0.29, 0.717) is 66.8 Å². The minimum absolute atomic E-state index is 0.0525. The zero-order valence-electron chi connectivity index (χ0n) is 29.1. The van der Waals surface area contributed by atoms with E-state index in [2.05, 4.69) is 16.0 Å². The number of methoxy groups -OCH3 is 3. The second kappa shape index (κ2) is 18.3. The van der Waals surface area contributed by atoms with E-state index >= 15 is 0 Å². The molecule has 4 rings (SSSR count). The average Bonchev–Trinajstić information content (AvgIpc) is 3.12. The highest BCUT2D eigenvalue weighted by Crippen LogP contribution is 2.28. The lowest BCUT2D eigenvalue weighted by Gasteiger charge is -2.36. The van der Waals surface area contributed by atoms with Gasteiger partial charge in [0.25, 0.3) is 0 Å². The fraction of sp³-hybridized carbons (Fsp3) is 0.405. The summed E-state index contributed by atoms with van der Waals surface area (Å²) in [7, 11) is 4.62. The normalized spacial score (nSPS) is 13.9. The maximum Gasteiger partial charge on any atom is 0.323 e. The first-order valence-electron chi connectivity index (χ1n) is 16.6. The lowest BCUT2D eigenvalue weighted by molar-refractivity contribution is -0.137. The molecule has 0 spiro atoms. The van der Waals surface area contributed by atoms with Crippen LogP contribution in [0.5, 0.6) is 17.2 Å². The Balaban J connectivity index is 1.29. The Kier molecular flexibility index (Phi) is 13.7. The molecule has 1 unspecified atom stereocenters. The Bertz CT molecular complexity index is 1650. The molecular weight excluding hydrogens is 642 g/mol. The Hall–Kier alpha value is -5.46. The summed E-state index contributed by atoms with van der Waals surface area (Å²) in [6.07, 6.45) is 2.09. The van der Waals surface area contributed by atoms with Crippen molar-refractivity contribution in [2.75, 3.05) is 64.7 Å². The number of hydrogen-bond donors (Lipinski definition) is 4. The number of piperidine rings is 1. The van der Waals surface area contributed by atoms with Gasteiger partial charge in [-0.15, -0.1) is 0 Å². The van der Waals surface area contributed by atoms with E-state index in [1.807, 2.05) is 43.3 Å². The summed E-state index contributed by atoms with van der Waals surface area (Å²) in [5, 5.41) is 17.9. The largest absolute Gasteiger partial charge is 0.495 e. The van der Waals surface area contributed by atoms with Crippen LogP contribution in [0.15, 0.2) is 60.7 Å². The van der Waals surface area contributed by atoms with Gasteiger partial charge in [0.1, 0.15) is 5.75 Å². The van der Waals surface area contributed by atoms with Crippen LogP contribution in [0.3, 0.4) is 0 Å². The number of urea groups is 2. The molecule has 1 aliphatic heterocycles. The molecule has 13 nitrogen and oxygen atoms in total. The fourth-order valence-electron chi connectivity index (χ4n) is 5.88. The van der Waals surface area contributed by atoms with Crippen molar-refractivity contribution in [2.45, 2.75) is 39.0 Å². The van der Waals surface area contributed by atoms with Crippen molar-refractivity contribution in [1.82, 2.24) is 15.1 Å². The first-order chi connectivity index (χ1) is 24.1. The highest BCUT2D eigenvalue weighted by atomic mass is 16.5. The SMILES string of the molecule is COc1cc(CC(=O)NCC2CCCN(C(=O)N(CCC(=O)O)CCc3ccc(OC)c(OC)c3)C2)ccc1NC(=O)Nc1ccccc1C. The number of hydrogen-bond acceptors (Lipinski definition) is 7. The van der Waals surface area contributed by atoms with E-state index in [-0.39, 0.29) is 37.2 Å². The summed E-state index contributed by atoms with van der Waals surface area (Å²) in [5.74, 6) is 0.520. The first-order valence-corrected chi connectivity index (χ1v) is 16.6. The van der Waals surface area contributed by atoms with Crippen LogP contribution in [-0.4, -0.2) is 92.9 Å². The van der Waals surface area contributed by atoms with Gasteiger partial charge in [0, 0.05) is 38.4 Å². The molecule has 0 aliphatic carbocycles. The van der Waals surface area contributed by atoms with Gasteiger partial charge >= 0.3 is 18.0 Å². The van der Waals surface area contributed by atoms with Gasteiger partial charge in [-0.1, -0.05) is 30.3 Å². The van der Waals surface area contributed by atoms with Crippen LogP contribution in [0.4, 0.5) is 21.0 Å². The second-order valence-corrected chi connectivity index (χ2v) is 12.2. The van der Waals surface area contributed by atoms with Crippen LogP contribution in [0.1, 0.15) is 36.0 Å². The molecule has 0 radical (unpaired) electrons. The van der Waals surface area contributed by atoms with E-state index in [1.165, 1.54) is 7.11 Å². The zero-order valence-corrected chi connectivity index (χ0v) is 29.1. The Labute approximate surface area is 292 Å². The molecule has 5 amide bonds. The lowest BCUT2D eigenvalue weighted by Crippen LogP contribution is -2.50. The monoisotopic (exact) mass is 689 g/mol. The maximum absolute atomic E-state index is 13.6. The minimum atomic E-state index is -0.972. The van der Waals surface area contributed by atoms with Crippen LogP contribution in [0.2, 0.25) is 0 Å². The average molecular weight is 690 g/mol. The Morgan fingerprint density at radius 1 is 0.860 bits per heavy atom. The molecule has 4 N–H and O–H groups in total. The molecule has 1 heterocycles. The molecule has 0 bridgehead atoms. The number of aliphatic carboxylic acids is 1. The molecule has 3 aromatic carbocycles. The van der Waals surface area contributed by atoms with E-state index in [9.17, 15) is 24.3 Å². The number of carbonyl (C=O) groups excluding carboxylic acids is 3. The third-order valence-electron chi connectivity index (χ3n) is 8.63. The summed E-state index contributed by atoms with van der Waals surface area (Å²) in [6, 6.07) is 17.6. The molecule has 268 valence electrons. The Morgan fingerprint density at radius 2 is 1.56 bits per heavy atom. The van der Waals surface area contributed by atoms with E-state index in [1.54, 1.807) is 48.3 Å². The topological polar surface area (TPSA) is 159 Å². The number of para-hydroxylation sites is 1. The van der Waals surface area contributed by atoms with Crippen LogP contribution in [0, 0.1) is 12.8 Å². The Morgan fingerprint density at radius 3 is 2.28 bits per heavy atom. The number of carboxylic acid groups (broad SMARTS) is 1. The van der Waals surface area contributed by atoms with E-state index in [0.717, 1.165) is 24.0 Å². The summed E-state index contributed by atoms with van der Waals surface area (Å²) < 4.78 is 16.2. The minimum Gasteiger partial charge on any atom is -0.495 e. The number of carbonyl (C=O) groups is 4. The predicted octanol–water partition coefficient (Wildman–Crippen LogP) is 5.17. The third-order valence-corrected chi connectivity index (χ3v) is 8.63. The number of nitrogens with zero attached hydrogens (tertiary/aromatic N) is 2. The van der Waals surface area contributed by atoms with Crippen LogP contribution in [-0.2, 0) is 22.4 Å². The number of benzene rings is 3. The van der Waals surface area contributed by atoms with Gasteiger partial charge in [-0.25, -0.2) is 9.59 Å². The molecular formula is C37H47N5O8. The van der Waals surface area contributed by atoms with Gasteiger partial charge in [0.05, 0.1) is 39.9 Å². The number of carboxylic acids is 1. The molecule has 0 aromatic heterocycles. The molecule has 50 heavy (non-hydrogen) atoms. The predicted molar refractivity (Wildman–Crippen MR) is 190 cm³/mol. The van der Waals surface area contributed by atoms with Gasteiger partial charge in [-0.2, -0.15) is 0 Å². The molecule has 1 aliphatic rings. The summed E-state index contributed by atoms with van der Waals surface area (Å²) in [5.41, 5.74) is 3.75. The molecule has 0 saturated carbocycles. The van der Waals surface area contributed by atoms with E-state index in [4.69, 9.17) is 14.2 Å². The molecule has 1 atom stereocenters. The number of likely N-dealkylation sites (tertiary alicyclic amines) is 1.